The Morgan fingerprint density at radius 2 is 2.06 bits per heavy atom. The summed E-state index contributed by atoms with van der Waals surface area (Å²) in [4.78, 5) is 13.6. The number of para-hydroxylation sites is 1. The summed E-state index contributed by atoms with van der Waals surface area (Å²) in [5.41, 5.74) is 2.37. The van der Waals surface area contributed by atoms with E-state index in [1.165, 1.54) is 11.3 Å². The van der Waals surface area contributed by atoms with Crippen molar-refractivity contribution in [2.45, 2.75) is 19.9 Å². The van der Waals surface area contributed by atoms with E-state index in [-0.39, 0.29) is 5.91 Å². The van der Waals surface area contributed by atoms with Gasteiger partial charge in [0.2, 0.25) is 5.91 Å². The number of anilines is 1. The number of benzene rings is 1. The van der Waals surface area contributed by atoms with Gasteiger partial charge in [-0.25, -0.2) is 0 Å². The van der Waals surface area contributed by atoms with Crippen molar-refractivity contribution in [2.75, 3.05) is 31.2 Å². The van der Waals surface area contributed by atoms with Crippen molar-refractivity contribution in [2.24, 2.45) is 0 Å². The smallest absolute Gasteiger partial charge is 0.219 e. The van der Waals surface area contributed by atoms with Crippen molar-refractivity contribution in [3.8, 4) is 0 Å². The lowest BCUT2D eigenvalue weighted by atomic mass is 10.1. The monoisotopic (exact) mass is 248 g/mol. The second-order valence-electron chi connectivity index (χ2n) is 4.36. The summed E-state index contributed by atoms with van der Waals surface area (Å²) in [7, 11) is 0. The molecular weight excluding hydrogens is 228 g/mol. The van der Waals surface area contributed by atoms with Crippen LogP contribution in [-0.2, 0) is 16.1 Å². The number of hydrogen-bond donors (Lipinski definition) is 1. The molecule has 4 nitrogen and oxygen atoms in total. The second-order valence-corrected chi connectivity index (χ2v) is 4.36. The first-order valence-electron chi connectivity index (χ1n) is 6.48. The Hall–Kier alpha value is -1.55. The largest absolute Gasteiger partial charge is 0.378 e. The van der Waals surface area contributed by atoms with Crippen LogP contribution in [0, 0.1) is 0 Å². The maximum absolute atomic E-state index is 11.3. The van der Waals surface area contributed by atoms with E-state index in [0.717, 1.165) is 26.3 Å². The van der Waals surface area contributed by atoms with Gasteiger partial charge in [0, 0.05) is 31.7 Å². The molecule has 1 aliphatic rings. The zero-order chi connectivity index (χ0) is 12.8. The molecule has 0 spiro atoms. The summed E-state index contributed by atoms with van der Waals surface area (Å²) in [6.07, 6.45) is 0.528. The highest BCUT2D eigenvalue weighted by Gasteiger charge is 2.14. The van der Waals surface area contributed by atoms with Gasteiger partial charge in [0.05, 0.1) is 13.2 Å². The third-order valence-corrected chi connectivity index (χ3v) is 3.14. The van der Waals surface area contributed by atoms with Gasteiger partial charge in [0.1, 0.15) is 0 Å². The van der Waals surface area contributed by atoms with E-state index in [1.54, 1.807) is 0 Å². The van der Waals surface area contributed by atoms with Crippen LogP contribution in [0.5, 0.6) is 0 Å². The molecule has 2 rings (SSSR count). The van der Waals surface area contributed by atoms with E-state index in [2.05, 4.69) is 22.3 Å². The molecule has 1 aromatic rings. The molecular formula is C14H20N2O2. The number of nitrogens with one attached hydrogen (secondary N) is 1. The van der Waals surface area contributed by atoms with Gasteiger partial charge in [-0.05, 0) is 11.6 Å². The van der Waals surface area contributed by atoms with E-state index >= 15 is 0 Å². The number of carbonyl (C=O) groups is 1. The second kappa shape index (κ2) is 6.40. The first-order chi connectivity index (χ1) is 8.81. The maximum atomic E-state index is 11.3. The Morgan fingerprint density at radius 3 is 2.78 bits per heavy atom. The van der Waals surface area contributed by atoms with Crippen LogP contribution < -0.4 is 10.2 Å². The quantitative estimate of drug-likeness (QED) is 0.879. The van der Waals surface area contributed by atoms with Crippen molar-refractivity contribution < 1.29 is 9.53 Å². The molecule has 1 N–H and O–H groups in total. The minimum Gasteiger partial charge on any atom is -0.378 e. The summed E-state index contributed by atoms with van der Waals surface area (Å²) >= 11 is 0. The fourth-order valence-corrected chi connectivity index (χ4v) is 2.09. The first kappa shape index (κ1) is 12.9. The van der Waals surface area contributed by atoms with Crippen LogP contribution in [0.4, 0.5) is 5.69 Å². The topological polar surface area (TPSA) is 41.6 Å². The molecule has 98 valence electrons. The predicted octanol–water partition coefficient (Wildman–Crippen LogP) is 1.55. The molecule has 0 aromatic heterocycles. The van der Waals surface area contributed by atoms with Gasteiger partial charge < -0.3 is 15.0 Å². The van der Waals surface area contributed by atoms with Crippen LogP contribution in [0.3, 0.4) is 0 Å². The van der Waals surface area contributed by atoms with Crippen LogP contribution in [-0.4, -0.2) is 32.2 Å². The fourth-order valence-electron chi connectivity index (χ4n) is 2.09. The third kappa shape index (κ3) is 3.23. The van der Waals surface area contributed by atoms with Crippen molar-refractivity contribution in [1.82, 2.24) is 5.32 Å². The number of morpholine rings is 1. The average molecular weight is 248 g/mol. The van der Waals surface area contributed by atoms with Gasteiger partial charge >= 0.3 is 0 Å². The van der Waals surface area contributed by atoms with Crippen LogP contribution in [0.15, 0.2) is 24.3 Å². The highest BCUT2D eigenvalue weighted by molar-refractivity contribution is 5.75. The Bertz CT molecular complexity index is 401. The minimum atomic E-state index is 0.0896. The zero-order valence-corrected chi connectivity index (χ0v) is 10.8. The molecule has 0 unspecified atom stereocenters. The first-order valence-corrected chi connectivity index (χ1v) is 6.48. The lowest BCUT2D eigenvalue weighted by Gasteiger charge is -2.30. The predicted molar refractivity (Wildman–Crippen MR) is 71.6 cm³/mol. The number of ether oxygens (including phenoxy) is 1. The maximum Gasteiger partial charge on any atom is 0.219 e. The standard InChI is InChI=1S/C14H20N2O2/c1-2-14(17)15-11-12-5-3-4-6-13(12)16-7-9-18-10-8-16/h3-6H,2,7-11H2,1H3,(H,15,17). The number of hydrogen-bond acceptors (Lipinski definition) is 3. The molecule has 0 atom stereocenters. The SMILES string of the molecule is CCC(=O)NCc1ccccc1N1CCOCC1. The van der Waals surface area contributed by atoms with Crippen LogP contribution in [0.2, 0.25) is 0 Å². The van der Waals surface area contributed by atoms with Gasteiger partial charge in [-0.15, -0.1) is 0 Å². The van der Waals surface area contributed by atoms with E-state index < -0.39 is 0 Å². The molecule has 1 fully saturated rings. The lowest BCUT2D eigenvalue weighted by Crippen LogP contribution is -2.37. The highest BCUT2D eigenvalue weighted by atomic mass is 16.5. The van der Waals surface area contributed by atoms with Gasteiger partial charge in [-0.2, -0.15) is 0 Å². The molecule has 0 radical (unpaired) electrons. The summed E-state index contributed by atoms with van der Waals surface area (Å²) in [5.74, 6) is 0.0896. The Morgan fingerprint density at radius 1 is 1.33 bits per heavy atom. The van der Waals surface area contributed by atoms with Gasteiger partial charge in [0.25, 0.3) is 0 Å². The van der Waals surface area contributed by atoms with E-state index in [0.29, 0.717) is 13.0 Å². The Balaban J connectivity index is 2.06. The van der Waals surface area contributed by atoms with Crippen molar-refractivity contribution >= 4 is 11.6 Å². The van der Waals surface area contributed by atoms with Crippen LogP contribution >= 0.6 is 0 Å². The molecule has 0 aliphatic carbocycles. The molecule has 0 bridgehead atoms. The molecule has 1 aliphatic heterocycles. The minimum absolute atomic E-state index is 0.0896. The van der Waals surface area contributed by atoms with Gasteiger partial charge in [-0.1, -0.05) is 25.1 Å². The van der Waals surface area contributed by atoms with E-state index in [4.69, 9.17) is 4.74 Å². The third-order valence-electron chi connectivity index (χ3n) is 3.14. The van der Waals surface area contributed by atoms with Crippen molar-refractivity contribution in [3.05, 3.63) is 29.8 Å². The number of nitrogens with zero attached hydrogens (tertiary/aromatic N) is 1. The van der Waals surface area contributed by atoms with Crippen molar-refractivity contribution in [3.63, 3.8) is 0 Å². The number of carbonyl (C=O) groups excluding carboxylic acids is 1. The molecule has 1 saturated heterocycles. The molecule has 4 heteroatoms. The van der Waals surface area contributed by atoms with E-state index in [1.807, 2.05) is 19.1 Å². The fraction of sp³-hybridized carbons (Fsp3) is 0.500. The van der Waals surface area contributed by atoms with Gasteiger partial charge in [-0.3, -0.25) is 4.79 Å². The van der Waals surface area contributed by atoms with Crippen LogP contribution in [0.1, 0.15) is 18.9 Å². The summed E-state index contributed by atoms with van der Waals surface area (Å²) in [5, 5.41) is 2.93. The average Bonchev–Trinajstić information content (AvgIpc) is 2.46. The molecule has 1 amide bonds. The van der Waals surface area contributed by atoms with Crippen LogP contribution in [0.25, 0.3) is 0 Å². The zero-order valence-electron chi connectivity index (χ0n) is 10.8. The Labute approximate surface area is 108 Å². The summed E-state index contributed by atoms with van der Waals surface area (Å²) < 4.78 is 5.37. The number of rotatable bonds is 4. The van der Waals surface area contributed by atoms with Crippen molar-refractivity contribution in [1.29, 1.82) is 0 Å². The lowest BCUT2D eigenvalue weighted by molar-refractivity contribution is -0.120. The summed E-state index contributed by atoms with van der Waals surface area (Å²) in [6, 6.07) is 8.23. The molecule has 1 aromatic carbocycles. The molecule has 0 saturated carbocycles. The Kier molecular flexibility index (Phi) is 4.59. The van der Waals surface area contributed by atoms with E-state index in [9.17, 15) is 4.79 Å². The molecule has 1 heterocycles. The highest BCUT2D eigenvalue weighted by Crippen LogP contribution is 2.21. The number of amides is 1. The normalized spacial score (nSPS) is 15.5. The van der Waals surface area contributed by atoms with Gasteiger partial charge in [0.15, 0.2) is 0 Å². The summed E-state index contributed by atoms with van der Waals surface area (Å²) in [6.45, 7) is 5.84. The molecule has 18 heavy (non-hydrogen) atoms.